The first-order valence-corrected chi connectivity index (χ1v) is 6.76. The van der Waals surface area contributed by atoms with Gasteiger partial charge in [0, 0.05) is 18.6 Å². The molecule has 1 aromatic rings. The number of hydrogen-bond acceptors (Lipinski definition) is 2. The van der Waals surface area contributed by atoms with Gasteiger partial charge in [-0.05, 0) is 38.9 Å². The molecule has 1 saturated heterocycles. The van der Waals surface area contributed by atoms with E-state index in [1.807, 2.05) is 0 Å². The fourth-order valence-electron chi connectivity index (χ4n) is 2.57. The Morgan fingerprint density at radius 1 is 1.29 bits per heavy atom. The average molecular weight is 232 g/mol. The largest absolute Gasteiger partial charge is 0.313 e. The Labute approximate surface area is 105 Å². The second-order valence-electron chi connectivity index (χ2n) is 5.17. The molecule has 1 heterocycles. The molecule has 0 aromatic heterocycles. The van der Waals surface area contributed by atoms with Gasteiger partial charge in [0.05, 0.1) is 0 Å². The van der Waals surface area contributed by atoms with Gasteiger partial charge in [-0.3, -0.25) is 4.90 Å². The summed E-state index contributed by atoms with van der Waals surface area (Å²) in [5.74, 6) is 0. The lowest BCUT2D eigenvalue weighted by Crippen LogP contribution is -2.43. The van der Waals surface area contributed by atoms with Crippen molar-refractivity contribution in [2.75, 3.05) is 20.1 Å². The van der Waals surface area contributed by atoms with Crippen LogP contribution in [0, 0.1) is 0 Å². The second-order valence-corrected chi connectivity index (χ2v) is 5.17. The van der Waals surface area contributed by atoms with Crippen LogP contribution in [0.15, 0.2) is 30.3 Å². The first-order chi connectivity index (χ1) is 8.27. The molecule has 2 atom stereocenters. The summed E-state index contributed by atoms with van der Waals surface area (Å²) in [6.45, 7) is 4.63. The standard InChI is InChI=1S/C15H24N2/c1-13(14-8-4-3-5-9-14)17(2)12-15-10-6-7-11-16-15/h3-5,8-9,13,15-16H,6-7,10-12H2,1-2H3. The van der Waals surface area contributed by atoms with Gasteiger partial charge in [-0.2, -0.15) is 0 Å². The van der Waals surface area contributed by atoms with Gasteiger partial charge >= 0.3 is 0 Å². The van der Waals surface area contributed by atoms with Crippen molar-refractivity contribution >= 4 is 0 Å². The molecule has 0 saturated carbocycles. The van der Waals surface area contributed by atoms with E-state index < -0.39 is 0 Å². The number of hydrogen-bond donors (Lipinski definition) is 1. The van der Waals surface area contributed by atoms with Gasteiger partial charge in [-0.1, -0.05) is 36.8 Å². The Morgan fingerprint density at radius 2 is 2.06 bits per heavy atom. The molecule has 0 radical (unpaired) electrons. The van der Waals surface area contributed by atoms with E-state index in [2.05, 4.69) is 54.5 Å². The number of nitrogens with zero attached hydrogens (tertiary/aromatic N) is 1. The van der Waals surface area contributed by atoms with Gasteiger partial charge in [0.2, 0.25) is 0 Å². The van der Waals surface area contributed by atoms with Crippen LogP contribution in [0.1, 0.15) is 37.8 Å². The van der Waals surface area contributed by atoms with E-state index in [9.17, 15) is 0 Å². The Balaban J connectivity index is 1.88. The summed E-state index contributed by atoms with van der Waals surface area (Å²) in [5.41, 5.74) is 1.41. The van der Waals surface area contributed by atoms with E-state index in [-0.39, 0.29) is 0 Å². The van der Waals surface area contributed by atoms with Crippen molar-refractivity contribution in [3.8, 4) is 0 Å². The highest BCUT2D eigenvalue weighted by Gasteiger charge is 2.18. The molecule has 0 spiro atoms. The molecule has 1 N–H and O–H groups in total. The van der Waals surface area contributed by atoms with Crippen molar-refractivity contribution in [1.29, 1.82) is 0 Å². The van der Waals surface area contributed by atoms with Crippen molar-refractivity contribution < 1.29 is 0 Å². The van der Waals surface area contributed by atoms with Gasteiger partial charge in [-0.25, -0.2) is 0 Å². The Hall–Kier alpha value is -0.860. The fraction of sp³-hybridized carbons (Fsp3) is 0.600. The van der Waals surface area contributed by atoms with Crippen LogP contribution in [-0.2, 0) is 0 Å². The van der Waals surface area contributed by atoms with Crippen LogP contribution < -0.4 is 5.32 Å². The summed E-state index contributed by atoms with van der Waals surface area (Å²) in [5, 5.41) is 3.61. The third-order valence-electron chi connectivity index (χ3n) is 3.86. The number of likely N-dealkylation sites (N-methyl/N-ethyl adjacent to an activating group) is 1. The van der Waals surface area contributed by atoms with E-state index in [1.54, 1.807) is 0 Å². The molecule has 2 nitrogen and oxygen atoms in total. The lowest BCUT2D eigenvalue weighted by atomic mass is 10.0. The molecule has 17 heavy (non-hydrogen) atoms. The van der Waals surface area contributed by atoms with Crippen LogP contribution in [0.3, 0.4) is 0 Å². The number of rotatable bonds is 4. The van der Waals surface area contributed by atoms with Crippen LogP contribution in [0.2, 0.25) is 0 Å². The van der Waals surface area contributed by atoms with E-state index in [4.69, 9.17) is 0 Å². The highest BCUT2D eigenvalue weighted by molar-refractivity contribution is 5.18. The van der Waals surface area contributed by atoms with E-state index in [1.165, 1.54) is 31.4 Å². The Kier molecular flexibility index (Phi) is 4.57. The Morgan fingerprint density at radius 3 is 2.71 bits per heavy atom. The fourth-order valence-corrected chi connectivity index (χ4v) is 2.57. The molecule has 0 amide bonds. The van der Waals surface area contributed by atoms with Crippen molar-refractivity contribution in [2.45, 2.75) is 38.3 Å². The van der Waals surface area contributed by atoms with Crippen LogP contribution in [0.25, 0.3) is 0 Å². The topological polar surface area (TPSA) is 15.3 Å². The normalized spacial score (nSPS) is 22.6. The SMILES string of the molecule is CC(c1ccccc1)N(C)CC1CCCCN1. The number of nitrogens with one attached hydrogen (secondary N) is 1. The van der Waals surface area contributed by atoms with E-state index >= 15 is 0 Å². The predicted octanol–water partition coefficient (Wildman–Crippen LogP) is 2.82. The molecular weight excluding hydrogens is 208 g/mol. The van der Waals surface area contributed by atoms with E-state index in [0.29, 0.717) is 12.1 Å². The molecule has 0 bridgehead atoms. The quantitative estimate of drug-likeness (QED) is 0.858. The van der Waals surface area contributed by atoms with Gasteiger partial charge in [0.25, 0.3) is 0 Å². The van der Waals surface area contributed by atoms with Crippen molar-refractivity contribution in [3.05, 3.63) is 35.9 Å². The maximum Gasteiger partial charge on any atom is 0.0317 e. The third kappa shape index (κ3) is 3.55. The number of benzene rings is 1. The van der Waals surface area contributed by atoms with Crippen LogP contribution in [0.5, 0.6) is 0 Å². The highest BCUT2D eigenvalue weighted by atomic mass is 15.1. The minimum absolute atomic E-state index is 0.500. The molecule has 94 valence electrons. The maximum absolute atomic E-state index is 3.61. The summed E-state index contributed by atoms with van der Waals surface area (Å²) in [6, 6.07) is 11.9. The first-order valence-electron chi connectivity index (χ1n) is 6.76. The van der Waals surface area contributed by atoms with Gasteiger partial charge in [0.1, 0.15) is 0 Å². The summed E-state index contributed by atoms with van der Waals surface area (Å²) < 4.78 is 0. The molecular formula is C15H24N2. The third-order valence-corrected chi connectivity index (χ3v) is 3.86. The first kappa shape index (κ1) is 12.6. The van der Waals surface area contributed by atoms with Crippen LogP contribution >= 0.6 is 0 Å². The molecule has 1 aliphatic rings. The molecule has 2 unspecified atom stereocenters. The van der Waals surface area contributed by atoms with Gasteiger partial charge in [-0.15, -0.1) is 0 Å². The molecule has 1 aliphatic heterocycles. The minimum atomic E-state index is 0.500. The molecule has 2 rings (SSSR count). The van der Waals surface area contributed by atoms with Gasteiger partial charge in [0.15, 0.2) is 0 Å². The lowest BCUT2D eigenvalue weighted by Gasteiger charge is -2.32. The smallest absolute Gasteiger partial charge is 0.0317 e. The van der Waals surface area contributed by atoms with Crippen molar-refractivity contribution in [3.63, 3.8) is 0 Å². The van der Waals surface area contributed by atoms with Crippen LogP contribution in [0.4, 0.5) is 0 Å². The van der Waals surface area contributed by atoms with Crippen molar-refractivity contribution in [1.82, 2.24) is 10.2 Å². The zero-order valence-electron chi connectivity index (χ0n) is 11.0. The number of piperidine rings is 1. The zero-order valence-corrected chi connectivity index (χ0v) is 11.0. The minimum Gasteiger partial charge on any atom is -0.313 e. The lowest BCUT2D eigenvalue weighted by molar-refractivity contribution is 0.214. The average Bonchev–Trinajstić information content (AvgIpc) is 2.40. The zero-order chi connectivity index (χ0) is 12.1. The molecule has 1 aromatic carbocycles. The molecule has 0 aliphatic carbocycles. The predicted molar refractivity (Wildman–Crippen MR) is 73.1 cm³/mol. The van der Waals surface area contributed by atoms with Crippen LogP contribution in [-0.4, -0.2) is 31.1 Å². The highest BCUT2D eigenvalue weighted by Crippen LogP contribution is 2.19. The molecule has 1 fully saturated rings. The van der Waals surface area contributed by atoms with Crippen molar-refractivity contribution in [2.24, 2.45) is 0 Å². The van der Waals surface area contributed by atoms with E-state index in [0.717, 1.165) is 6.54 Å². The summed E-state index contributed by atoms with van der Waals surface area (Å²) in [4.78, 5) is 2.46. The van der Waals surface area contributed by atoms with Gasteiger partial charge < -0.3 is 5.32 Å². The maximum atomic E-state index is 3.61. The second kappa shape index (κ2) is 6.18. The summed E-state index contributed by atoms with van der Waals surface area (Å²) >= 11 is 0. The molecule has 2 heteroatoms. The monoisotopic (exact) mass is 232 g/mol. The Bertz CT molecular complexity index is 317. The summed E-state index contributed by atoms with van der Waals surface area (Å²) in [7, 11) is 2.23. The summed E-state index contributed by atoms with van der Waals surface area (Å²) in [6.07, 6.45) is 4.05.